The number of aliphatic carboxylic acids is 1. The molecule has 0 spiro atoms. The largest absolute Gasteiger partial charge is 0.481 e. The summed E-state index contributed by atoms with van der Waals surface area (Å²) < 4.78 is 0. The van der Waals surface area contributed by atoms with Crippen molar-refractivity contribution in [3.8, 4) is 0 Å². The molecule has 0 aromatic carbocycles. The summed E-state index contributed by atoms with van der Waals surface area (Å²) in [6, 6.07) is 0. The Bertz CT molecular complexity index is 168. The van der Waals surface area contributed by atoms with Crippen LogP contribution in [0.1, 0.15) is 6.42 Å². The fourth-order valence-electron chi connectivity index (χ4n) is 0.820. The second-order valence-corrected chi connectivity index (χ2v) is 2.10. The molecule has 1 fully saturated rings. The quantitative estimate of drug-likeness (QED) is 0.400. The molecule has 1 saturated heterocycles. The number of hydrazine groups is 1. The molecular weight excluding hydrogens is 136 g/mol. The second kappa shape index (κ2) is 2.66. The first-order valence-corrected chi connectivity index (χ1v) is 2.97. The summed E-state index contributed by atoms with van der Waals surface area (Å²) in [5.41, 5.74) is 4.80. The van der Waals surface area contributed by atoms with Gasteiger partial charge in [-0.15, -0.1) is 0 Å². The van der Waals surface area contributed by atoms with Crippen molar-refractivity contribution in [2.75, 3.05) is 6.54 Å². The molecule has 0 aliphatic carbocycles. The maximum atomic E-state index is 10.7. The van der Waals surface area contributed by atoms with Crippen LogP contribution in [0.15, 0.2) is 0 Å². The molecule has 0 aromatic rings. The van der Waals surface area contributed by atoms with E-state index in [4.69, 9.17) is 5.11 Å². The number of carbonyl (C=O) groups excluding carboxylic acids is 1. The molecule has 1 aliphatic rings. The Balaban J connectivity index is 2.56. The van der Waals surface area contributed by atoms with E-state index in [-0.39, 0.29) is 0 Å². The molecule has 0 saturated carbocycles. The lowest BCUT2D eigenvalue weighted by molar-refractivity contribution is -0.148. The van der Waals surface area contributed by atoms with E-state index in [9.17, 15) is 9.59 Å². The molecule has 0 bridgehead atoms. The van der Waals surface area contributed by atoms with Crippen LogP contribution in [0, 0.1) is 5.92 Å². The summed E-state index contributed by atoms with van der Waals surface area (Å²) in [5.74, 6) is -2.39. The molecule has 10 heavy (non-hydrogen) atoms. The molecule has 0 radical (unpaired) electrons. The summed E-state index contributed by atoms with van der Waals surface area (Å²) in [7, 11) is 0. The van der Waals surface area contributed by atoms with Crippen LogP contribution in [0.3, 0.4) is 0 Å². The van der Waals surface area contributed by atoms with E-state index in [1.807, 2.05) is 0 Å². The first-order chi connectivity index (χ1) is 4.72. The molecule has 5 heteroatoms. The van der Waals surface area contributed by atoms with Gasteiger partial charge in [0.2, 0.25) is 5.91 Å². The molecule has 1 amide bonds. The SMILES string of the molecule is O=C(O)C1CCNNC1=O. The summed E-state index contributed by atoms with van der Waals surface area (Å²) in [6.07, 6.45) is 0.362. The first kappa shape index (κ1) is 7.01. The Morgan fingerprint density at radius 3 is 2.80 bits per heavy atom. The second-order valence-electron chi connectivity index (χ2n) is 2.10. The number of hydrogen-bond acceptors (Lipinski definition) is 3. The van der Waals surface area contributed by atoms with Crippen LogP contribution in [-0.4, -0.2) is 23.5 Å². The van der Waals surface area contributed by atoms with E-state index in [1.54, 1.807) is 0 Å². The Hall–Kier alpha value is -1.10. The van der Waals surface area contributed by atoms with Gasteiger partial charge in [-0.3, -0.25) is 15.0 Å². The van der Waals surface area contributed by atoms with Crippen molar-refractivity contribution in [1.82, 2.24) is 10.9 Å². The van der Waals surface area contributed by atoms with Gasteiger partial charge in [-0.2, -0.15) is 0 Å². The third-order valence-electron chi connectivity index (χ3n) is 1.38. The average Bonchev–Trinajstić information content (AvgIpc) is 1.88. The lowest BCUT2D eigenvalue weighted by Gasteiger charge is -2.18. The molecule has 1 rings (SSSR count). The van der Waals surface area contributed by atoms with Gasteiger partial charge in [0.1, 0.15) is 5.92 Å². The standard InChI is InChI=1S/C5H8N2O3/c8-4-3(5(9)10)1-2-6-7-4/h3,6H,1-2H2,(H,7,8)(H,9,10). The average molecular weight is 144 g/mol. The molecule has 0 aromatic heterocycles. The lowest BCUT2D eigenvalue weighted by Crippen LogP contribution is -2.49. The van der Waals surface area contributed by atoms with Gasteiger partial charge in [-0.05, 0) is 6.42 Å². The van der Waals surface area contributed by atoms with Crippen LogP contribution >= 0.6 is 0 Å². The van der Waals surface area contributed by atoms with Crippen molar-refractivity contribution in [2.45, 2.75) is 6.42 Å². The highest BCUT2D eigenvalue weighted by Crippen LogP contribution is 2.04. The molecule has 5 nitrogen and oxygen atoms in total. The minimum Gasteiger partial charge on any atom is -0.481 e. The normalized spacial score (nSPS) is 25.6. The molecule has 1 unspecified atom stereocenters. The molecule has 1 heterocycles. The van der Waals surface area contributed by atoms with E-state index in [1.165, 1.54) is 0 Å². The van der Waals surface area contributed by atoms with E-state index < -0.39 is 17.8 Å². The fourth-order valence-corrected chi connectivity index (χ4v) is 0.820. The van der Waals surface area contributed by atoms with E-state index >= 15 is 0 Å². The highest BCUT2D eigenvalue weighted by molar-refractivity contribution is 5.97. The predicted molar refractivity (Wildman–Crippen MR) is 31.9 cm³/mol. The maximum absolute atomic E-state index is 10.7. The highest BCUT2D eigenvalue weighted by Gasteiger charge is 2.28. The molecular formula is C5H8N2O3. The van der Waals surface area contributed by atoms with Gasteiger partial charge >= 0.3 is 5.97 Å². The zero-order valence-electron chi connectivity index (χ0n) is 5.26. The number of rotatable bonds is 1. The number of hydrogen-bond donors (Lipinski definition) is 3. The number of amides is 1. The monoisotopic (exact) mass is 144 g/mol. The smallest absolute Gasteiger partial charge is 0.316 e. The molecule has 56 valence electrons. The zero-order chi connectivity index (χ0) is 7.56. The maximum Gasteiger partial charge on any atom is 0.316 e. The Labute approximate surface area is 57.4 Å². The van der Waals surface area contributed by atoms with Crippen molar-refractivity contribution < 1.29 is 14.7 Å². The molecule has 3 N–H and O–H groups in total. The summed E-state index contributed by atoms with van der Waals surface area (Å²) >= 11 is 0. The number of carbonyl (C=O) groups is 2. The third-order valence-corrected chi connectivity index (χ3v) is 1.38. The predicted octanol–water partition coefficient (Wildman–Crippen LogP) is -1.29. The van der Waals surface area contributed by atoms with Gasteiger partial charge in [0.15, 0.2) is 0 Å². The lowest BCUT2D eigenvalue weighted by atomic mass is 10.0. The summed E-state index contributed by atoms with van der Waals surface area (Å²) in [5, 5.41) is 8.42. The number of carboxylic acids is 1. The Morgan fingerprint density at radius 1 is 1.70 bits per heavy atom. The van der Waals surface area contributed by atoms with Gasteiger partial charge in [0.25, 0.3) is 0 Å². The number of nitrogens with one attached hydrogen (secondary N) is 2. The zero-order valence-corrected chi connectivity index (χ0v) is 5.26. The number of carboxylic acid groups (broad SMARTS) is 1. The van der Waals surface area contributed by atoms with Crippen LogP contribution in [-0.2, 0) is 9.59 Å². The third kappa shape index (κ3) is 1.24. The summed E-state index contributed by atoms with van der Waals surface area (Å²) in [6.45, 7) is 0.517. The van der Waals surface area contributed by atoms with Gasteiger partial charge < -0.3 is 5.11 Å². The van der Waals surface area contributed by atoms with Gasteiger partial charge in [0, 0.05) is 6.54 Å². The van der Waals surface area contributed by atoms with Crippen molar-refractivity contribution in [1.29, 1.82) is 0 Å². The molecule has 1 aliphatic heterocycles. The summed E-state index contributed by atoms with van der Waals surface area (Å²) in [4.78, 5) is 21.0. The van der Waals surface area contributed by atoms with Crippen molar-refractivity contribution in [3.05, 3.63) is 0 Å². The van der Waals surface area contributed by atoms with Crippen LogP contribution in [0.2, 0.25) is 0 Å². The topological polar surface area (TPSA) is 78.4 Å². The van der Waals surface area contributed by atoms with Crippen molar-refractivity contribution in [3.63, 3.8) is 0 Å². The van der Waals surface area contributed by atoms with Gasteiger partial charge in [-0.25, -0.2) is 5.43 Å². The van der Waals surface area contributed by atoms with E-state index in [0.717, 1.165) is 0 Å². The minimum atomic E-state index is -1.06. The first-order valence-electron chi connectivity index (χ1n) is 2.97. The van der Waals surface area contributed by atoms with E-state index in [0.29, 0.717) is 13.0 Å². The Morgan fingerprint density at radius 2 is 2.40 bits per heavy atom. The minimum absolute atomic E-state index is 0.362. The molecule has 1 atom stereocenters. The van der Waals surface area contributed by atoms with Crippen molar-refractivity contribution in [2.24, 2.45) is 5.92 Å². The van der Waals surface area contributed by atoms with Gasteiger partial charge in [0.05, 0.1) is 0 Å². The fraction of sp³-hybridized carbons (Fsp3) is 0.600. The Kier molecular flexibility index (Phi) is 1.86. The van der Waals surface area contributed by atoms with Crippen LogP contribution < -0.4 is 10.9 Å². The van der Waals surface area contributed by atoms with Crippen molar-refractivity contribution >= 4 is 11.9 Å². The van der Waals surface area contributed by atoms with Crippen LogP contribution in [0.25, 0.3) is 0 Å². The van der Waals surface area contributed by atoms with Gasteiger partial charge in [-0.1, -0.05) is 0 Å². The van der Waals surface area contributed by atoms with Crippen LogP contribution in [0.4, 0.5) is 0 Å². The van der Waals surface area contributed by atoms with Crippen LogP contribution in [0.5, 0.6) is 0 Å². The van der Waals surface area contributed by atoms with E-state index in [2.05, 4.69) is 10.9 Å². The highest BCUT2D eigenvalue weighted by atomic mass is 16.4.